The number of carbonyl (C=O) groups is 1. The van der Waals surface area contributed by atoms with Crippen LogP contribution >= 0.6 is 15.9 Å². The van der Waals surface area contributed by atoms with Gasteiger partial charge in [0.05, 0.1) is 26.2 Å². The van der Waals surface area contributed by atoms with E-state index in [-0.39, 0.29) is 11.7 Å². The third-order valence-electron chi connectivity index (χ3n) is 6.35. The van der Waals surface area contributed by atoms with Gasteiger partial charge in [0.2, 0.25) is 0 Å². The molecule has 1 amide bonds. The number of carbonyl (C=O) groups excluding carboxylic acids is 1. The van der Waals surface area contributed by atoms with Crippen LogP contribution in [0.2, 0.25) is 0 Å². The van der Waals surface area contributed by atoms with Crippen molar-refractivity contribution in [2.45, 2.75) is 13.0 Å². The average Bonchev–Trinajstić information content (AvgIpc) is 3.12. The van der Waals surface area contributed by atoms with E-state index in [0.29, 0.717) is 13.1 Å². The number of nitrogens with one attached hydrogen (secondary N) is 2. The Bertz CT molecular complexity index is 1070. The number of anilines is 1. The molecule has 0 unspecified atom stereocenters. The summed E-state index contributed by atoms with van der Waals surface area (Å²) in [4.78, 5) is 22.1. The van der Waals surface area contributed by atoms with Gasteiger partial charge in [0, 0.05) is 51.8 Å². The zero-order valence-electron chi connectivity index (χ0n) is 16.8. The molecule has 1 fully saturated rings. The molecule has 0 atom stereocenters. The number of fused-ring (bicyclic) bond motifs is 3. The number of nitrogens with zero attached hydrogens (tertiary/aromatic N) is 2. The summed E-state index contributed by atoms with van der Waals surface area (Å²) in [5.74, 6) is 0.0242. The molecule has 0 radical (unpaired) electrons. The van der Waals surface area contributed by atoms with E-state index >= 15 is 0 Å². The summed E-state index contributed by atoms with van der Waals surface area (Å²) in [6.07, 6.45) is 0.876. The first kappa shape index (κ1) is 19.6. The molecular formula is C23H25BrFN4O+. The summed E-state index contributed by atoms with van der Waals surface area (Å²) in [5.41, 5.74) is 4.70. The molecule has 1 aromatic heterocycles. The molecule has 3 aromatic rings. The number of rotatable bonds is 3. The molecule has 0 aliphatic carbocycles. The second-order valence-electron chi connectivity index (χ2n) is 8.23. The number of aromatic nitrogens is 1. The fraction of sp³-hybridized carbons (Fsp3) is 0.348. The largest absolute Gasteiger partial charge is 0.360 e. The van der Waals surface area contributed by atoms with Crippen molar-refractivity contribution in [1.29, 1.82) is 0 Å². The number of hydrogen-bond donors (Lipinski definition) is 2. The standard InChI is InChI=1S/C23H24BrFN4O/c24-16-1-6-21-19(13-16)20-14-29(8-7-22(20)26-21)23(30)15-27-9-11-28(12-10-27)18-4-2-17(25)3-5-18/h1-6,13,26H,7-12,14-15H2/p+1. The van der Waals surface area contributed by atoms with Gasteiger partial charge in [-0.15, -0.1) is 0 Å². The lowest BCUT2D eigenvalue weighted by Crippen LogP contribution is -3.15. The highest BCUT2D eigenvalue weighted by atomic mass is 79.9. The lowest BCUT2D eigenvalue weighted by atomic mass is 10.0. The maximum atomic E-state index is 13.1. The predicted octanol–water partition coefficient (Wildman–Crippen LogP) is 2.36. The molecule has 2 aliphatic rings. The van der Waals surface area contributed by atoms with Crippen molar-refractivity contribution in [3.63, 3.8) is 0 Å². The number of aromatic amines is 1. The van der Waals surface area contributed by atoms with E-state index < -0.39 is 0 Å². The summed E-state index contributed by atoms with van der Waals surface area (Å²) < 4.78 is 14.2. The molecule has 2 aromatic carbocycles. The summed E-state index contributed by atoms with van der Waals surface area (Å²) in [5, 5.41) is 1.21. The van der Waals surface area contributed by atoms with Crippen molar-refractivity contribution in [3.05, 3.63) is 64.0 Å². The summed E-state index contributed by atoms with van der Waals surface area (Å²) in [6, 6.07) is 12.9. The Kier molecular flexibility index (Phi) is 5.25. The van der Waals surface area contributed by atoms with Crippen molar-refractivity contribution in [2.75, 3.05) is 44.2 Å². The van der Waals surface area contributed by atoms with Crippen LogP contribution in [0.3, 0.4) is 0 Å². The van der Waals surface area contributed by atoms with Crippen LogP contribution < -0.4 is 9.80 Å². The Morgan fingerprint density at radius 2 is 1.87 bits per heavy atom. The van der Waals surface area contributed by atoms with Gasteiger partial charge in [-0.2, -0.15) is 0 Å². The van der Waals surface area contributed by atoms with Gasteiger partial charge in [-0.05, 0) is 42.5 Å². The SMILES string of the molecule is O=C(C[NH+]1CCN(c2ccc(F)cc2)CC1)N1CCc2[nH]c3ccc(Br)cc3c2C1. The van der Waals surface area contributed by atoms with E-state index in [1.165, 1.54) is 33.7 Å². The van der Waals surface area contributed by atoms with E-state index in [0.717, 1.165) is 54.8 Å². The van der Waals surface area contributed by atoms with Crippen LogP contribution in [0.25, 0.3) is 10.9 Å². The average molecular weight is 472 g/mol. The monoisotopic (exact) mass is 471 g/mol. The zero-order valence-corrected chi connectivity index (χ0v) is 18.3. The molecule has 0 spiro atoms. The van der Waals surface area contributed by atoms with Gasteiger partial charge in [0.1, 0.15) is 5.82 Å². The molecule has 0 saturated carbocycles. The quantitative estimate of drug-likeness (QED) is 0.615. The van der Waals surface area contributed by atoms with Crippen LogP contribution in [-0.4, -0.2) is 55.1 Å². The van der Waals surface area contributed by atoms with Crippen molar-refractivity contribution >= 4 is 38.4 Å². The normalized spacial score (nSPS) is 17.4. The second kappa shape index (κ2) is 8.04. The van der Waals surface area contributed by atoms with Gasteiger partial charge in [0.15, 0.2) is 6.54 Å². The Balaban J connectivity index is 1.20. The maximum Gasteiger partial charge on any atom is 0.278 e. The van der Waals surface area contributed by atoms with Crippen LogP contribution in [0.15, 0.2) is 46.9 Å². The zero-order chi connectivity index (χ0) is 20.7. The van der Waals surface area contributed by atoms with Gasteiger partial charge in [-0.25, -0.2) is 4.39 Å². The third-order valence-corrected chi connectivity index (χ3v) is 6.85. The first-order valence-corrected chi connectivity index (χ1v) is 11.3. The maximum absolute atomic E-state index is 13.1. The van der Waals surface area contributed by atoms with Gasteiger partial charge in [-0.1, -0.05) is 15.9 Å². The van der Waals surface area contributed by atoms with Crippen molar-refractivity contribution in [1.82, 2.24) is 9.88 Å². The van der Waals surface area contributed by atoms with Gasteiger partial charge < -0.3 is 19.7 Å². The van der Waals surface area contributed by atoms with Crippen LogP contribution in [0, 0.1) is 5.82 Å². The highest BCUT2D eigenvalue weighted by Gasteiger charge is 2.28. The summed E-state index contributed by atoms with van der Waals surface area (Å²) in [6.45, 7) is 5.60. The van der Waals surface area contributed by atoms with Crippen molar-refractivity contribution < 1.29 is 14.1 Å². The van der Waals surface area contributed by atoms with Crippen LogP contribution in [-0.2, 0) is 17.8 Å². The van der Waals surface area contributed by atoms with E-state index in [1.807, 2.05) is 23.1 Å². The number of amides is 1. The highest BCUT2D eigenvalue weighted by molar-refractivity contribution is 9.10. The fourth-order valence-electron chi connectivity index (χ4n) is 4.63. The molecule has 1 saturated heterocycles. The van der Waals surface area contributed by atoms with Gasteiger partial charge in [0.25, 0.3) is 5.91 Å². The number of piperazine rings is 1. The van der Waals surface area contributed by atoms with Crippen LogP contribution in [0.1, 0.15) is 11.3 Å². The highest BCUT2D eigenvalue weighted by Crippen LogP contribution is 2.29. The van der Waals surface area contributed by atoms with E-state index in [9.17, 15) is 9.18 Å². The summed E-state index contributed by atoms with van der Waals surface area (Å²) >= 11 is 3.56. The number of H-pyrrole nitrogens is 1. The van der Waals surface area contributed by atoms with Gasteiger partial charge >= 0.3 is 0 Å². The molecular weight excluding hydrogens is 447 g/mol. The molecule has 2 N–H and O–H groups in total. The molecule has 156 valence electrons. The van der Waals surface area contributed by atoms with Crippen molar-refractivity contribution in [3.8, 4) is 0 Å². The number of hydrogen-bond acceptors (Lipinski definition) is 2. The molecule has 5 rings (SSSR count). The lowest BCUT2D eigenvalue weighted by Gasteiger charge is -2.35. The smallest absolute Gasteiger partial charge is 0.278 e. The van der Waals surface area contributed by atoms with Crippen LogP contribution in [0.4, 0.5) is 10.1 Å². The second-order valence-corrected chi connectivity index (χ2v) is 9.14. The topological polar surface area (TPSA) is 43.8 Å². The molecule has 30 heavy (non-hydrogen) atoms. The Morgan fingerprint density at radius 1 is 1.10 bits per heavy atom. The first-order chi connectivity index (χ1) is 14.6. The third kappa shape index (κ3) is 3.84. The molecule has 5 nitrogen and oxygen atoms in total. The predicted molar refractivity (Wildman–Crippen MR) is 119 cm³/mol. The van der Waals surface area contributed by atoms with Gasteiger partial charge in [-0.3, -0.25) is 4.79 Å². The minimum Gasteiger partial charge on any atom is -0.360 e. The first-order valence-electron chi connectivity index (χ1n) is 10.5. The minimum absolute atomic E-state index is 0.208. The lowest BCUT2D eigenvalue weighted by molar-refractivity contribution is -0.892. The number of quaternary nitrogens is 1. The minimum atomic E-state index is -0.208. The molecule has 3 heterocycles. The number of benzene rings is 2. The number of halogens is 2. The van der Waals surface area contributed by atoms with Crippen molar-refractivity contribution in [2.24, 2.45) is 0 Å². The molecule has 0 bridgehead atoms. The van der Waals surface area contributed by atoms with Crippen LogP contribution in [0.5, 0.6) is 0 Å². The molecule has 7 heteroatoms. The van der Waals surface area contributed by atoms with E-state index in [2.05, 4.69) is 37.9 Å². The summed E-state index contributed by atoms with van der Waals surface area (Å²) in [7, 11) is 0. The Hall–Kier alpha value is -2.38. The van der Waals surface area contributed by atoms with E-state index in [1.54, 1.807) is 0 Å². The van der Waals surface area contributed by atoms with E-state index in [4.69, 9.17) is 0 Å². The Labute approximate surface area is 183 Å². The Morgan fingerprint density at radius 3 is 2.63 bits per heavy atom. The fourth-order valence-corrected chi connectivity index (χ4v) is 5.00. The molecule has 2 aliphatic heterocycles.